The Labute approximate surface area is 112 Å². The average molecular weight is 264 g/mol. The van der Waals surface area contributed by atoms with Gasteiger partial charge in [0.2, 0.25) is 0 Å². The molecule has 0 bridgehead atoms. The zero-order chi connectivity index (χ0) is 12.7. The van der Waals surface area contributed by atoms with Crippen LogP contribution in [0.15, 0.2) is 6.07 Å². The van der Waals surface area contributed by atoms with Gasteiger partial charge >= 0.3 is 0 Å². The van der Waals surface area contributed by atoms with Crippen LogP contribution in [0.5, 0.6) is 0 Å². The molecule has 3 nitrogen and oxygen atoms in total. The van der Waals surface area contributed by atoms with Crippen molar-refractivity contribution in [3.8, 4) is 0 Å². The molecule has 1 aliphatic carbocycles. The number of amides is 1. The summed E-state index contributed by atoms with van der Waals surface area (Å²) in [5, 5.41) is 0. The smallest absolute Gasteiger partial charge is 0.263 e. The molecule has 3 rings (SSSR count). The van der Waals surface area contributed by atoms with Gasteiger partial charge in [-0.25, -0.2) is 0 Å². The summed E-state index contributed by atoms with van der Waals surface area (Å²) < 4.78 is 0. The summed E-state index contributed by atoms with van der Waals surface area (Å²) in [4.78, 5) is 16.6. The van der Waals surface area contributed by atoms with Gasteiger partial charge in [0.1, 0.15) is 0 Å². The predicted octanol–water partition coefficient (Wildman–Crippen LogP) is 2.05. The Morgan fingerprint density at radius 1 is 1.50 bits per heavy atom. The van der Waals surface area contributed by atoms with Crippen LogP contribution in [0.3, 0.4) is 0 Å². The van der Waals surface area contributed by atoms with E-state index >= 15 is 0 Å². The van der Waals surface area contributed by atoms with E-state index in [9.17, 15) is 4.79 Å². The Hall–Kier alpha value is -0.870. The molecule has 0 saturated carbocycles. The minimum Gasteiger partial charge on any atom is -0.336 e. The van der Waals surface area contributed by atoms with E-state index in [4.69, 9.17) is 5.73 Å². The fraction of sp³-hybridized carbons (Fsp3) is 0.643. The van der Waals surface area contributed by atoms with Crippen LogP contribution in [-0.4, -0.2) is 29.9 Å². The minimum absolute atomic E-state index is 0.170. The second-order valence-electron chi connectivity index (χ2n) is 5.71. The topological polar surface area (TPSA) is 46.3 Å². The number of thiophene rings is 1. The summed E-state index contributed by atoms with van der Waals surface area (Å²) >= 11 is 1.70. The summed E-state index contributed by atoms with van der Waals surface area (Å²) in [6.45, 7) is 3.83. The van der Waals surface area contributed by atoms with E-state index in [2.05, 4.69) is 13.0 Å². The molecule has 1 fully saturated rings. The zero-order valence-corrected chi connectivity index (χ0v) is 11.6. The van der Waals surface area contributed by atoms with Crippen LogP contribution in [0.25, 0.3) is 0 Å². The SMILES string of the molecule is CC1CCc2sc(C(=O)N3CC[C@@H](N)C3)cc2C1. The molecule has 0 aromatic carbocycles. The van der Waals surface area contributed by atoms with Gasteiger partial charge in [-0.1, -0.05) is 6.92 Å². The molecular formula is C14H20N2OS. The molecule has 2 heterocycles. The molecule has 2 N–H and O–H groups in total. The molecule has 1 amide bonds. The van der Waals surface area contributed by atoms with Gasteiger partial charge in [-0.3, -0.25) is 4.79 Å². The van der Waals surface area contributed by atoms with Crippen LogP contribution >= 0.6 is 11.3 Å². The first-order chi connectivity index (χ1) is 8.63. The number of aryl methyl sites for hydroxylation is 1. The van der Waals surface area contributed by atoms with Crippen LogP contribution in [0.4, 0.5) is 0 Å². The van der Waals surface area contributed by atoms with Crippen molar-refractivity contribution < 1.29 is 4.79 Å². The standard InChI is InChI=1S/C14H20N2OS/c1-9-2-3-12-10(6-9)7-13(18-12)14(17)16-5-4-11(15)8-16/h7,9,11H,2-6,8,15H2,1H3/t9?,11-/m1/s1. The van der Waals surface area contributed by atoms with Crippen molar-refractivity contribution in [2.75, 3.05) is 13.1 Å². The molecule has 0 spiro atoms. The number of carbonyl (C=O) groups excluding carboxylic acids is 1. The summed E-state index contributed by atoms with van der Waals surface area (Å²) in [5.74, 6) is 0.949. The predicted molar refractivity (Wildman–Crippen MR) is 74.0 cm³/mol. The number of likely N-dealkylation sites (tertiary alicyclic amines) is 1. The number of hydrogen-bond acceptors (Lipinski definition) is 3. The molecule has 2 atom stereocenters. The number of nitrogens with two attached hydrogens (primary N) is 1. The molecule has 4 heteroatoms. The normalized spacial score (nSPS) is 27.3. The van der Waals surface area contributed by atoms with Gasteiger partial charge < -0.3 is 10.6 Å². The van der Waals surface area contributed by atoms with E-state index in [-0.39, 0.29) is 11.9 Å². The average Bonchev–Trinajstić information content (AvgIpc) is 2.93. The molecule has 2 aliphatic rings. The van der Waals surface area contributed by atoms with Crippen LogP contribution < -0.4 is 5.73 Å². The number of fused-ring (bicyclic) bond motifs is 1. The highest BCUT2D eigenvalue weighted by Gasteiger charge is 2.27. The Balaban J connectivity index is 1.79. The third kappa shape index (κ3) is 2.19. The molecule has 1 unspecified atom stereocenters. The Bertz CT molecular complexity index is 468. The third-order valence-corrected chi connectivity index (χ3v) is 5.28. The molecule has 98 valence electrons. The third-order valence-electron chi connectivity index (χ3n) is 4.05. The number of rotatable bonds is 1. The van der Waals surface area contributed by atoms with Crippen LogP contribution in [0.2, 0.25) is 0 Å². The number of carbonyl (C=O) groups is 1. The van der Waals surface area contributed by atoms with Crippen molar-refractivity contribution >= 4 is 17.2 Å². The van der Waals surface area contributed by atoms with E-state index in [0.717, 1.165) is 43.1 Å². The molecule has 1 aromatic rings. The van der Waals surface area contributed by atoms with Crippen molar-refractivity contribution in [1.82, 2.24) is 4.90 Å². The summed E-state index contributed by atoms with van der Waals surface area (Å²) in [5.41, 5.74) is 7.27. The van der Waals surface area contributed by atoms with E-state index in [1.54, 1.807) is 11.3 Å². The van der Waals surface area contributed by atoms with Crippen LogP contribution in [-0.2, 0) is 12.8 Å². The lowest BCUT2D eigenvalue weighted by Crippen LogP contribution is -2.31. The lowest BCUT2D eigenvalue weighted by Gasteiger charge is -2.16. The Morgan fingerprint density at radius 3 is 3.06 bits per heavy atom. The fourth-order valence-electron chi connectivity index (χ4n) is 2.94. The van der Waals surface area contributed by atoms with Crippen LogP contribution in [0.1, 0.15) is 39.9 Å². The first-order valence-corrected chi connectivity index (χ1v) is 7.61. The van der Waals surface area contributed by atoms with Crippen molar-refractivity contribution in [3.05, 3.63) is 21.4 Å². The molecule has 0 radical (unpaired) electrons. The summed E-state index contributed by atoms with van der Waals surface area (Å²) in [7, 11) is 0. The monoisotopic (exact) mass is 264 g/mol. The van der Waals surface area contributed by atoms with Gasteiger partial charge in [0.15, 0.2) is 0 Å². The maximum atomic E-state index is 12.4. The molecule has 1 aromatic heterocycles. The van der Waals surface area contributed by atoms with E-state index in [0.29, 0.717) is 0 Å². The fourth-order valence-corrected chi connectivity index (χ4v) is 4.12. The molecule has 18 heavy (non-hydrogen) atoms. The van der Waals surface area contributed by atoms with Gasteiger partial charge in [-0.05, 0) is 43.2 Å². The van der Waals surface area contributed by atoms with E-state index in [1.807, 2.05) is 4.90 Å². The molecule has 1 saturated heterocycles. The van der Waals surface area contributed by atoms with Crippen LogP contribution in [0, 0.1) is 5.92 Å². The number of nitrogens with zero attached hydrogens (tertiary/aromatic N) is 1. The lowest BCUT2D eigenvalue weighted by atomic mass is 9.90. The van der Waals surface area contributed by atoms with Gasteiger partial charge in [0.25, 0.3) is 5.91 Å². The van der Waals surface area contributed by atoms with Gasteiger partial charge in [-0.2, -0.15) is 0 Å². The highest BCUT2D eigenvalue weighted by Crippen LogP contribution is 2.33. The van der Waals surface area contributed by atoms with E-state index < -0.39 is 0 Å². The lowest BCUT2D eigenvalue weighted by molar-refractivity contribution is 0.0795. The first-order valence-electron chi connectivity index (χ1n) is 6.80. The maximum Gasteiger partial charge on any atom is 0.263 e. The van der Waals surface area contributed by atoms with E-state index in [1.165, 1.54) is 16.9 Å². The second-order valence-corrected chi connectivity index (χ2v) is 6.84. The van der Waals surface area contributed by atoms with Crippen molar-refractivity contribution in [2.45, 2.75) is 38.6 Å². The highest BCUT2D eigenvalue weighted by atomic mass is 32.1. The Morgan fingerprint density at radius 2 is 2.33 bits per heavy atom. The summed E-state index contributed by atoms with van der Waals surface area (Å²) in [6, 6.07) is 2.30. The highest BCUT2D eigenvalue weighted by molar-refractivity contribution is 7.14. The van der Waals surface area contributed by atoms with Gasteiger partial charge in [-0.15, -0.1) is 11.3 Å². The zero-order valence-electron chi connectivity index (χ0n) is 10.8. The second kappa shape index (κ2) is 4.67. The Kier molecular flexibility index (Phi) is 3.16. The largest absolute Gasteiger partial charge is 0.336 e. The quantitative estimate of drug-likeness (QED) is 0.844. The first kappa shape index (κ1) is 12.2. The van der Waals surface area contributed by atoms with Gasteiger partial charge in [0, 0.05) is 24.0 Å². The minimum atomic E-state index is 0.170. The van der Waals surface area contributed by atoms with Crippen molar-refractivity contribution in [3.63, 3.8) is 0 Å². The van der Waals surface area contributed by atoms with Crippen molar-refractivity contribution in [1.29, 1.82) is 0 Å². The molecule has 1 aliphatic heterocycles. The van der Waals surface area contributed by atoms with Gasteiger partial charge in [0.05, 0.1) is 4.88 Å². The number of hydrogen-bond donors (Lipinski definition) is 1. The molecular weight excluding hydrogens is 244 g/mol. The van der Waals surface area contributed by atoms with Crippen molar-refractivity contribution in [2.24, 2.45) is 11.7 Å². The maximum absolute atomic E-state index is 12.4. The summed E-state index contributed by atoms with van der Waals surface area (Å²) in [6.07, 6.45) is 4.48.